The summed E-state index contributed by atoms with van der Waals surface area (Å²) in [6.45, 7) is 2.51. The molecule has 166 valence electrons. The number of carbonyl (C=O) groups is 2. The molecule has 0 bridgehead atoms. The number of benzene rings is 2. The third-order valence-corrected chi connectivity index (χ3v) is 7.34. The second-order valence-electron chi connectivity index (χ2n) is 7.89. The highest BCUT2D eigenvalue weighted by Crippen LogP contribution is 2.34. The number of aliphatic imine (C=N–C) groups is 2. The average Bonchev–Trinajstić information content (AvgIpc) is 3.46. The summed E-state index contributed by atoms with van der Waals surface area (Å²) in [5, 5.41) is 5.46. The van der Waals surface area contributed by atoms with Gasteiger partial charge in [0.15, 0.2) is 5.17 Å². The van der Waals surface area contributed by atoms with E-state index in [1.807, 2.05) is 41.8 Å². The summed E-state index contributed by atoms with van der Waals surface area (Å²) >= 11 is 3.09. The van der Waals surface area contributed by atoms with E-state index in [0.29, 0.717) is 23.3 Å². The van der Waals surface area contributed by atoms with E-state index < -0.39 is 6.04 Å². The zero-order valence-corrected chi connectivity index (χ0v) is 19.7. The average molecular weight is 475 g/mol. The number of amides is 2. The van der Waals surface area contributed by atoms with Crippen LogP contribution in [0.15, 0.2) is 76.0 Å². The van der Waals surface area contributed by atoms with Crippen molar-refractivity contribution in [3.63, 3.8) is 0 Å². The SMILES string of the molecule is Cc1ccc(CSC2=Nc3ccccc3C3=N[C@H](CC(=O)NCc4cccs4)C(=O)N23)cc1. The highest BCUT2D eigenvalue weighted by molar-refractivity contribution is 8.13. The number of nitrogens with one attached hydrogen (secondary N) is 1. The van der Waals surface area contributed by atoms with Gasteiger partial charge in [0.2, 0.25) is 5.91 Å². The van der Waals surface area contributed by atoms with Gasteiger partial charge in [-0.25, -0.2) is 9.89 Å². The van der Waals surface area contributed by atoms with Crippen LogP contribution in [0.2, 0.25) is 0 Å². The molecule has 1 aromatic heterocycles. The minimum atomic E-state index is -0.750. The summed E-state index contributed by atoms with van der Waals surface area (Å²) in [7, 11) is 0. The van der Waals surface area contributed by atoms with Gasteiger partial charge in [-0.15, -0.1) is 11.3 Å². The molecule has 8 heteroatoms. The van der Waals surface area contributed by atoms with Crippen LogP contribution >= 0.6 is 23.1 Å². The monoisotopic (exact) mass is 474 g/mol. The van der Waals surface area contributed by atoms with Crippen molar-refractivity contribution in [1.82, 2.24) is 10.2 Å². The summed E-state index contributed by atoms with van der Waals surface area (Å²) in [6, 6.07) is 19.2. The van der Waals surface area contributed by atoms with E-state index in [1.54, 1.807) is 16.2 Å². The first-order valence-corrected chi connectivity index (χ1v) is 12.5. The van der Waals surface area contributed by atoms with E-state index in [9.17, 15) is 9.59 Å². The van der Waals surface area contributed by atoms with Gasteiger partial charge in [0.25, 0.3) is 5.91 Å². The molecule has 0 spiro atoms. The number of hydrogen-bond acceptors (Lipinski definition) is 6. The van der Waals surface area contributed by atoms with Crippen LogP contribution in [0.3, 0.4) is 0 Å². The Balaban J connectivity index is 1.34. The van der Waals surface area contributed by atoms with Crippen molar-refractivity contribution in [2.45, 2.75) is 31.7 Å². The molecule has 33 heavy (non-hydrogen) atoms. The van der Waals surface area contributed by atoms with E-state index in [4.69, 9.17) is 4.99 Å². The molecule has 0 saturated heterocycles. The standard InChI is InChI=1S/C25H22N4O2S2/c1-16-8-10-17(11-9-16)15-33-25-28-20-7-3-2-6-19(20)23-27-21(24(31)29(23)25)13-22(30)26-14-18-5-4-12-32-18/h2-12,21H,13-15H2,1H3,(H,26,30)/t21-/m1/s1. The van der Waals surface area contributed by atoms with Gasteiger partial charge in [0.05, 0.1) is 18.7 Å². The lowest BCUT2D eigenvalue weighted by atomic mass is 10.1. The maximum Gasteiger partial charge on any atom is 0.259 e. The second-order valence-corrected chi connectivity index (χ2v) is 9.86. The smallest absolute Gasteiger partial charge is 0.259 e. The van der Waals surface area contributed by atoms with Crippen LogP contribution in [0.5, 0.6) is 0 Å². The van der Waals surface area contributed by atoms with Crippen molar-refractivity contribution in [2.75, 3.05) is 0 Å². The van der Waals surface area contributed by atoms with Crippen molar-refractivity contribution >= 4 is 51.6 Å². The fraction of sp³-hybridized carbons (Fsp3) is 0.200. The minimum Gasteiger partial charge on any atom is -0.351 e. The van der Waals surface area contributed by atoms with Crippen molar-refractivity contribution in [2.24, 2.45) is 9.98 Å². The molecular weight excluding hydrogens is 452 g/mol. The highest BCUT2D eigenvalue weighted by Gasteiger charge is 2.42. The third-order valence-electron chi connectivity index (χ3n) is 5.45. The van der Waals surface area contributed by atoms with Crippen molar-refractivity contribution in [3.05, 3.63) is 87.6 Å². The first kappa shape index (κ1) is 21.6. The molecule has 1 N–H and O–H groups in total. The molecule has 2 aliphatic rings. The van der Waals surface area contributed by atoms with Crippen LogP contribution in [-0.4, -0.2) is 33.8 Å². The van der Waals surface area contributed by atoms with Crippen LogP contribution < -0.4 is 5.32 Å². The van der Waals surface area contributed by atoms with Crippen LogP contribution in [0.25, 0.3) is 0 Å². The summed E-state index contributed by atoms with van der Waals surface area (Å²) in [6.07, 6.45) is 0.0162. The summed E-state index contributed by atoms with van der Waals surface area (Å²) in [5.74, 6) is 0.864. The Morgan fingerprint density at radius 1 is 1.12 bits per heavy atom. The topological polar surface area (TPSA) is 74.1 Å². The quantitative estimate of drug-likeness (QED) is 0.565. The third kappa shape index (κ3) is 4.62. The molecule has 0 unspecified atom stereocenters. The number of amidine groups is 2. The number of thiophene rings is 1. The Kier molecular flexibility index (Phi) is 6.11. The van der Waals surface area contributed by atoms with Gasteiger partial charge in [-0.05, 0) is 36.1 Å². The molecule has 0 radical (unpaired) electrons. The van der Waals surface area contributed by atoms with Gasteiger partial charge in [-0.1, -0.05) is 59.8 Å². The molecule has 2 aromatic carbocycles. The predicted octanol–water partition coefficient (Wildman–Crippen LogP) is 4.65. The first-order chi connectivity index (χ1) is 16.1. The molecule has 0 aliphatic carbocycles. The number of rotatable bonds is 6. The van der Waals surface area contributed by atoms with Crippen molar-refractivity contribution in [1.29, 1.82) is 0 Å². The number of fused-ring (bicyclic) bond motifs is 3. The van der Waals surface area contributed by atoms with Crippen molar-refractivity contribution < 1.29 is 9.59 Å². The van der Waals surface area contributed by atoms with Gasteiger partial charge in [0, 0.05) is 16.2 Å². The zero-order valence-electron chi connectivity index (χ0n) is 18.0. The maximum atomic E-state index is 13.3. The predicted molar refractivity (Wildman–Crippen MR) is 134 cm³/mol. The molecule has 5 rings (SSSR count). The Bertz CT molecular complexity index is 1250. The van der Waals surface area contributed by atoms with E-state index in [0.717, 1.165) is 21.7 Å². The van der Waals surface area contributed by atoms with E-state index in [-0.39, 0.29) is 18.2 Å². The number of hydrogen-bond donors (Lipinski definition) is 1. The minimum absolute atomic E-state index is 0.0162. The number of thioether (sulfide) groups is 1. The van der Waals surface area contributed by atoms with Crippen LogP contribution in [0.4, 0.5) is 5.69 Å². The van der Waals surface area contributed by atoms with Gasteiger partial charge in [-0.3, -0.25) is 14.6 Å². The van der Waals surface area contributed by atoms with E-state index in [2.05, 4.69) is 41.5 Å². The molecule has 2 amide bonds. The second kappa shape index (κ2) is 9.33. The number of carbonyl (C=O) groups excluding carboxylic acids is 2. The summed E-state index contributed by atoms with van der Waals surface area (Å²) in [5.41, 5.74) is 3.96. The lowest BCUT2D eigenvalue weighted by molar-refractivity contribution is -0.128. The maximum absolute atomic E-state index is 13.3. The van der Waals surface area contributed by atoms with E-state index in [1.165, 1.54) is 17.3 Å². The molecule has 0 saturated carbocycles. The molecule has 2 aliphatic heterocycles. The van der Waals surface area contributed by atoms with Crippen LogP contribution in [0.1, 0.15) is 28.0 Å². The number of nitrogens with zero attached hydrogens (tertiary/aromatic N) is 3. The summed E-state index contributed by atoms with van der Waals surface area (Å²) in [4.78, 5) is 37.9. The van der Waals surface area contributed by atoms with Gasteiger partial charge < -0.3 is 5.32 Å². The lowest BCUT2D eigenvalue weighted by Crippen LogP contribution is -2.42. The van der Waals surface area contributed by atoms with E-state index >= 15 is 0 Å². The molecule has 3 heterocycles. The first-order valence-electron chi connectivity index (χ1n) is 10.7. The Labute approximate surface area is 200 Å². The molecule has 3 aromatic rings. The fourth-order valence-corrected chi connectivity index (χ4v) is 5.31. The Hall–Kier alpha value is -3.23. The van der Waals surface area contributed by atoms with Gasteiger partial charge in [0.1, 0.15) is 11.9 Å². The van der Waals surface area contributed by atoms with Crippen LogP contribution in [-0.2, 0) is 21.9 Å². The molecule has 6 nitrogen and oxygen atoms in total. The van der Waals surface area contributed by atoms with Crippen LogP contribution in [0, 0.1) is 6.92 Å². The fourth-order valence-electron chi connectivity index (χ4n) is 3.71. The zero-order chi connectivity index (χ0) is 22.8. The Morgan fingerprint density at radius 2 is 1.94 bits per heavy atom. The van der Waals surface area contributed by atoms with Gasteiger partial charge in [-0.2, -0.15) is 0 Å². The number of aryl methyl sites for hydroxylation is 1. The van der Waals surface area contributed by atoms with Crippen molar-refractivity contribution in [3.8, 4) is 0 Å². The molecule has 0 fully saturated rings. The normalized spacial score (nSPS) is 16.7. The number of para-hydroxylation sites is 1. The molecular formula is C25H22N4O2S2. The van der Waals surface area contributed by atoms with Gasteiger partial charge >= 0.3 is 0 Å². The largest absolute Gasteiger partial charge is 0.351 e. The Morgan fingerprint density at radius 3 is 2.73 bits per heavy atom. The summed E-state index contributed by atoms with van der Waals surface area (Å²) < 4.78 is 0. The lowest BCUT2D eigenvalue weighted by Gasteiger charge is -2.25. The molecule has 1 atom stereocenters. The highest BCUT2D eigenvalue weighted by atomic mass is 32.2.